The number of phenolic OH excluding ortho intramolecular Hbond substituents is 1. The van der Waals surface area contributed by atoms with Crippen molar-refractivity contribution in [3.8, 4) is 5.75 Å². The summed E-state index contributed by atoms with van der Waals surface area (Å²) in [5, 5.41) is 44.2. The summed E-state index contributed by atoms with van der Waals surface area (Å²) in [5.41, 5.74) is 2.40. The number of aromatic hydroxyl groups is 1. The highest BCUT2D eigenvalue weighted by molar-refractivity contribution is 6.24. The summed E-state index contributed by atoms with van der Waals surface area (Å²) >= 11 is 0. The van der Waals surface area contributed by atoms with E-state index in [9.17, 15) is 34.8 Å². The van der Waals surface area contributed by atoms with Crippen molar-refractivity contribution in [3.05, 3.63) is 52.0 Å². The lowest BCUT2D eigenvalue weighted by Gasteiger charge is -2.52. The number of hydrogen-bond acceptors (Lipinski definition) is 8. The van der Waals surface area contributed by atoms with Crippen molar-refractivity contribution >= 4 is 17.5 Å². The maximum Gasteiger partial charge on any atom is 0.255 e. The van der Waals surface area contributed by atoms with Crippen LogP contribution in [0.5, 0.6) is 5.75 Å². The molecule has 0 saturated heterocycles. The van der Waals surface area contributed by atoms with E-state index in [1.165, 1.54) is 11.0 Å². The third-order valence-corrected chi connectivity index (χ3v) is 7.38. The molecule has 1 amide bonds. The lowest BCUT2D eigenvalue weighted by Crippen LogP contribution is -2.64. The number of ketones is 2. The van der Waals surface area contributed by atoms with Gasteiger partial charge in [0.2, 0.25) is 5.78 Å². The number of phenols is 1. The summed E-state index contributed by atoms with van der Waals surface area (Å²) in [4.78, 5) is 40.3. The molecule has 0 heterocycles. The highest BCUT2D eigenvalue weighted by atomic mass is 16.3. The van der Waals surface area contributed by atoms with Crippen LogP contribution in [0.1, 0.15) is 42.1 Å². The summed E-state index contributed by atoms with van der Waals surface area (Å²) in [6.45, 7) is 3.89. The first-order chi connectivity index (χ1) is 15.3. The highest BCUT2D eigenvalue weighted by Gasteiger charge is 2.64. The second-order valence-electron chi connectivity index (χ2n) is 9.68. The van der Waals surface area contributed by atoms with Crippen molar-refractivity contribution in [2.24, 2.45) is 23.5 Å². The maximum absolute atomic E-state index is 13.5. The van der Waals surface area contributed by atoms with Crippen molar-refractivity contribution < 1.29 is 34.8 Å². The summed E-state index contributed by atoms with van der Waals surface area (Å²) in [7, 11) is 3.20. The third-order valence-electron chi connectivity index (χ3n) is 7.38. The summed E-state index contributed by atoms with van der Waals surface area (Å²) < 4.78 is 0. The molecule has 3 aliphatic rings. The first-order valence-corrected chi connectivity index (χ1v) is 10.8. The van der Waals surface area contributed by atoms with Gasteiger partial charge in [-0.3, -0.25) is 19.3 Å². The van der Waals surface area contributed by atoms with Gasteiger partial charge in [0.15, 0.2) is 11.4 Å². The molecule has 0 aliphatic heterocycles. The number of aliphatic hydroxyl groups is 3. The number of Topliss-reactive ketones (excluding diaryl/α,β-unsaturated/α-hetero) is 2. The molecule has 5 atom stereocenters. The van der Waals surface area contributed by atoms with Gasteiger partial charge in [-0.25, -0.2) is 0 Å². The second kappa shape index (κ2) is 7.43. The fourth-order valence-corrected chi connectivity index (χ4v) is 6.10. The van der Waals surface area contributed by atoms with Gasteiger partial charge in [-0.05, 0) is 49.9 Å². The number of benzene rings is 1. The topological polar surface area (TPSA) is 161 Å². The van der Waals surface area contributed by atoms with Crippen LogP contribution in [0.25, 0.3) is 0 Å². The molecule has 3 aliphatic carbocycles. The van der Waals surface area contributed by atoms with Crippen LogP contribution in [0.2, 0.25) is 0 Å². The smallest absolute Gasteiger partial charge is 0.255 e. The molecule has 0 radical (unpaired) electrons. The monoisotopic (exact) mass is 456 g/mol. The zero-order valence-corrected chi connectivity index (χ0v) is 18.9. The molecule has 33 heavy (non-hydrogen) atoms. The minimum Gasteiger partial charge on any atom is -0.510 e. The summed E-state index contributed by atoms with van der Waals surface area (Å²) in [6.07, 6.45) is 0.0737. The summed E-state index contributed by atoms with van der Waals surface area (Å²) in [6, 6.07) is 3.76. The Balaban J connectivity index is 2.04. The molecule has 0 bridgehead atoms. The maximum atomic E-state index is 13.5. The average molecular weight is 456 g/mol. The number of allylic oxidation sites excluding steroid dienone is 1. The number of rotatable bonds is 3. The molecule has 0 spiro atoms. The number of primary amides is 1. The normalized spacial score (nSPS) is 31.6. The van der Waals surface area contributed by atoms with Gasteiger partial charge in [-0.15, -0.1) is 0 Å². The minimum absolute atomic E-state index is 0.0250. The standard InChI is InChI=1S/C24H28N2O7/c1-9(2)14-10-6-5-7-13(27)15(10)19(28)16-11(14)8-12-18(26(3)4)20(29)17(23(25)32)22(31)24(12,33)21(16)30/h5-7,9,11-12,14,18,27,29-30,33H,8H2,1-4H3,(H2,25,32)/t11-,12+,14+,18+,24+/m1/s1. The van der Waals surface area contributed by atoms with Crippen molar-refractivity contribution in [2.75, 3.05) is 14.1 Å². The Morgan fingerprint density at radius 3 is 2.36 bits per heavy atom. The molecule has 6 N–H and O–H groups in total. The zero-order chi connectivity index (χ0) is 24.6. The predicted molar refractivity (Wildman–Crippen MR) is 118 cm³/mol. The van der Waals surface area contributed by atoms with Gasteiger partial charge in [-0.1, -0.05) is 26.0 Å². The van der Waals surface area contributed by atoms with Gasteiger partial charge in [0.25, 0.3) is 5.91 Å². The lowest BCUT2D eigenvalue weighted by atomic mass is 9.55. The first kappa shape index (κ1) is 23.0. The molecular weight excluding hydrogens is 428 g/mol. The fraction of sp³-hybridized carbons (Fsp3) is 0.458. The van der Waals surface area contributed by atoms with Gasteiger partial charge in [-0.2, -0.15) is 0 Å². The van der Waals surface area contributed by atoms with Crippen molar-refractivity contribution in [3.63, 3.8) is 0 Å². The van der Waals surface area contributed by atoms with E-state index in [0.717, 1.165) is 0 Å². The van der Waals surface area contributed by atoms with Gasteiger partial charge in [0, 0.05) is 11.5 Å². The number of nitrogens with two attached hydrogens (primary N) is 1. The second-order valence-corrected chi connectivity index (χ2v) is 9.68. The van der Waals surface area contributed by atoms with Crippen molar-refractivity contribution in [1.29, 1.82) is 0 Å². The van der Waals surface area contributed by atoms with E-state index >= 15 is 0 Å². The largest absolute Gasteiger partial charge is 0.510 e. The van der Waals surface area contributed by atoms with Crippen LogP contribution in [0, 0.1) is 17.8 Å². The van der Waals surface area contributed by atoms with Crippen LogP contribution in [0.15, 0.2) is 40.9 Å². The molecule has 9 nitrogen and oxygen atoms in total. The molecule has 0 unspecified atom stereocenters. The van der Waals surface area contributed by atoms with E-state index in [4.69, 9.17) is 5.73 Å². The van der Waals surface area contributed by atoms with Gasteiger partial charge in [0.05, 0.1) is 11.6 Å². The lowest BCUT2D eigenvalue weighted by molar-refractivity contribution is -0.148. The Labute approximate surface area is 190 Å². The van der Waals surface area contributed by atoms with Gasteiger partial charge < -0.3 is 26.2 Å². The summed E-state index contributed by atoms with van der Waals surface area (Å²) in [5.74, 6) is -6.81. The van der Waals surface area contributed by atoms with Crippen LogP contribution in [0.3, 0.4) is 0 Å². The molecule has 1 aromatic rings. The fourth-order valence-electron chi connectivity index (χ4n) is 6.10. The highest BCUT2D eigenvalue weighted by Crippen LogP contribution is 2.56. The van der Waals surface area contributed by atoms with Crippen LogP contribution >= 0.6 is 0 Å². The molecule has 0 fully saturated rings. The number of hydrogen-bond donors (Lipinski definition) is 5. The van der Waals surface area contributed by atoms with E-state index in [1.54, 1.807) is 26.2 Å². The molecular formula is C24H28N2O7. The van der Waals surface area contributed by atoms with Crippen molar-refractivity contribution in [1.82, 2.24) is 4.90 Å². The molecule has 4 rings (SSSR count). The van der Waals surface area contributed by atoms with Crippen LogP contribution in [-0.2, 0) is 9.59 Å². The van der Waals surface area contributed by atoms with Gasteiger partial charge in [0.1, 0.15) is 22.8 Å². The Kier molecular flexibility index (Phi) is 5.18. The number of carbonyl (C=O) groups excluding carboxylic acids is 3. The zero-order valence-electron chi connectivity index (χ0n) is 18.9. The van der Waals surface area contributed by atoms with Crippen molar-refractivity contribution in [2.45, 2.75) is 37.8 Å². The number of amides is 1. The van der Waals surface area contributed by atoms with Crippen LogP contribution < -0.4 is 5.73 Å². The number of aliphatic hydroxyl groups excluding tert-OH is 2. The SMILES string of the molecule is CC(C)[C@H]1c2cccc(O)c2C(=O)C2=C(O)[C@]3(O)C(=O)C(C(N)=O)=C(O)[C@@H](N(C)C)[C@@H]3C[C@@H]21. The third kappa shape index (κ3) is 2.88. The van der Waals surface area contributed by atoms with Gasteiger partial charge >= 0.3 is 0 Å². The molecule has 9 heteroatoms. The Bertz CT molecular complexity index is 1150. The number of likely N-dealkylation sites (N-methyl/N-ethyl adjacent to an activating group) is 1. The van der Waals surface area contributed by atoms with E-state index in [2.05, 4.69) is 0 Å². The number of carbonyl (C=O) groups is 3. The van der Waals surface area contributed by atoms with E-state index in [0.29, 0.717) is 5.56 Å². The number of nitrogens with zero attached hydrogens (tertiary/aromatic N) is 1. The Morgan fingerprint density at radius 1 is 1.18 bits per heavy atom. The predicted octanol–water partition coefficient (Wildman–Crippen LogP) is 1.32. The molecule has 176 valence electrons. The first-order valence-electron chi connectivity index (χ1n) is 10.8. The molecule has 0 aromatic heterocycles. The van der Waals surface area contributed by atoms with Crippen LogP contribution in [-0.4, -0.2) is 68.5 Å². The quantitative estimate of drug-likeness (QED) is 0.426. The average Bonchev–Trinajstić information content (AvgIpc) is 2.70. The van der Waals surface area contributed by atoms with Crippen LogP contribution in [0.4, 0.5) is 0 Å². The number of fused-ring (bicyclic) bond motifs is 3. The van der Waals surface area contributed by atoms with E-state index < -0.39 is 58.0 Å². The van der Waals surface area contributed by atoms with E-state index in [-0.39, 0.29) is 35.1 Å². The Morgan fingerprint density at radius 2 is 1.82 bits per heavy atom. The molecule has 1 aromatic carbocycles. The van der Waals surface area contributed by atoms with E-state index in [1.807, 2.05) is 13.8 Å². The Hall–Kier alpha value is -3.17. The molecule has 0 saturated carbocycles. The minimum atomic E-state index is -2.63.